The molecular formula is C39H32F12N4O5. The Hall–Kier alpha value is -6.54. The van der Waals surface area contributed by atoms with E-state index in [-0.39, 0.29) is 11.1 Å². The number of hydrogen-bond acceptors (Lipinski definition) is 9. The molecule has 0 radical (unpaired) electrons. The first-order chi connectivity index (χ1) is 27.6. The first-order valence-electron chi connectivity index (χ1n) is 17.0. The van der Waals surface area contributed by atoms with Gasteiger partial charge in [0, 0.05) is 24.2 Å². The molecule has 5 aromatic rings. The normalized spacial score (nSPS) is 13.0. The zero-order valence-electron chi connectivity index (χ0n) is 30.4. The Morgan fingerprint density at radius 1 is 0.433 bits per heavy atom. The fraction of sp³-hybridized carbons (Fsp3) is 0.231. The van der Waals surface area contributed by atoms with E-state index in [2.05, 4.69) is 10.6 Å². The molecule has 0 aliphatic rings. The molecular weight excluding hydrogens is 832 g/mol. The standard InChI is InChI=1S/C39H32F12N4O5/c1-18-10-19(16-54-27-14-23(4-8-31(27)58)34(36(40,41)42,37(43,44)45)21-2-6-29(56)25(52)12-21)33(60)20(11-18)17-55-28-15-24(5-9-32(28)59)35(38(46,47)48,39(49,50)51)22-3-7-30(57)26(53)13-22/h2-15,54-60H,16-17,52-53H2,1H3. The molecule has 322 valence electrons. The SMILES string of the molecule is Cc1cc(CNc2cc(C(c3ccc(O)c(N)c3)(C(F)(F)F)C(F)(F)F)ccc2O)c(O)c(CNc2cc(C(c3ccc(O)c(N)c3)(C(F)(F)F)C(F)(F)F)ccc2O)c1. The Morgan fingerprint density at radius 3 is 1.00 bits per heavy atom. The van der Waals surface area contributed by atoms with Crippen LogP contribution in [0.1, 0.15) is 38.9 Å². The summed E-state index contributed by atoms with van der Waals surface area (Å²) in [5, 5.41) is 56.5. The minimum Gasteiger partial charge on any atom is -0.507 e. The van der Waals surface area contributed by atoms with Gasteiger partial charge in [-0.05, 0) is 77.7 Å². The molecule has 60 heavy (non-hydrogen) atoms. The number of hydrogen-bond donors (Lipinski definition) is 9. The minimum absolute atomic E-state index is 0.100. The molecule has 0 spiro atoms. The second kappa shape index (κ2) is 15.2. The van der Waals surface area contributed by atoms with E-state index < -0.39 is 122 Å². The Labute approximate surface area is 331 Å². The van der Waals surface area contributed by atoms with Crippen LogP contribution in [0.2, 0.25) is 0 Å². The Balaban J connectivity index is 1.50. The molecule has 0 aliphatic heterocycles. The number of anilines is 4. The monoisotopic (exact) mass is 864 g/mol. The van der Waals surface area contributed by atoms with Gasteiger partial charge in [0.05, 0.1) is 22.7 Å². The van der Waals surface area contributed by atoms with Gasteiger partial charge >= 0.3 is 24.7 Å². The van der Waals surface area contributed by atoms with Crippen LogP contribution in [0.4, 0.5) is 75.4 Å². The van der Waals surface area contributed by atoms with Gasteiger partial charge in [-0.3, -0.25) is 0 Å². The summed E-state index contributed by atoms with van der Waals surface area (Å²) in [7, 11) is 0. The molecule has 0 atom stereocenters. The van der Waals surface area contributed by atoms with Gasteiger partial charge in [0.2, 0.25) is 10.8 Å². The van der Waals surface area contributed by atoms with Gasteiger partial charge in [0.25, 0.3) is 0 Å². The highest BCUT2D eigenvalue weighted by Crippen LogP contribution is 2.59. The van der Waals surface area contributed by atoms with Crippen molar-refractivity contribution in [1.82, 2.24) is 0 Å². The predicted molar refractivity (Wildman–Crippen MR) is 195 cm³/mol. The lowest BCUT2D eigenvalue weighted by Crippen LogP contribution is -2.54. The van der Waals surface area contributed by atoms with Gasteiger partial charge in [-0.25, -0.2) is 0 Å². The number of halogens is 12. The summed E-state index contributed by atoms with van der Waals surface area (Å²) in [6.07, 6.45) is -24.3. The fourth-order valence-electron chi connectivity index (χ4n) is 6.95. The van der Waals surface area contributed by atoms with Crippen LogP contribution in [0, 0.1) is 6.92 Å². The summed E-state index contributed by atoms with van der Waals surface area (Å²) in [6.45, 7) is 0.285. The van der Waals surface area contributed by atoms with E-state index in [9.17, 15) is 78.2 Å². The second-order valence-electron chi connectivity index (χ2n) is 13.6. The maximum Gasteiger partial charge on any atom is 0.411 e. The maximum atomic E-state index is 14.7. The largest absolute Gasteiger partial charge is 0.507 e. The minimum atomic E-state index is -6.08. The topological polar surface area (TPSA) is 177 Å². The van der Waals surface area contributed by atoms with E-state index in [1.165, 1.54) is 19.1 Å². The predicted octanol–water partition coefficient (Wildman–Crippen LogP) is 9.73. The molecule has 0 saturated heterocycles. The number of nitrogens with one attached hydrogen (secondary N) is 2. The van der Waals surface area contributed by atoms with Gasteiger partial charge in [0.1, 0.15) is 28.7 Å². The van der Waals surface area contributed by atoms with E-state index >= 15 is 0 Å². The Bertz CT molecular complexity index is 2220. The third-order valence-electron chi connectivity index (χ3n) is 9.83. The highest BCUT2D eigenvalue weighted by Gasteiger charge is 2.74. The van der Waals surface area contributed by atoms with Crippen molar-refractivity contribution in [2.75, 3.05) is 22.1 Å². The molecule has 9 nitrogen and oxygen atoms in total. The van der Waals surface area contributed by atoms with E-state index in [0.717, 1.165) is 0 Å². The number of rotatable bonds is 10. The number of aryl methyl sites for hydroxylation is 1. The smallest absolute Gasteiger partial charge is 0.411 e. The quantitative estimate of drug-likeness (QED) is 0.0376. The van der Waals surface area contributed by atoms with Crippen molar-refractivity contribution in [1.29, 1.82) is 0 Å². The van der Waals surface area contributed by atoms with Gasteiger partial charge in [-0.1, -0.05) is 42.0 Å². The van der Waals surface area contributed by atoms with Gasteiger partial charge < -0.3 is 47.6 Å². The zero-order valence-corrected chi connectivity index (χ0v) is 30.4. The highest BCUT2D eigenvalue weighted by molar-refractivity contribution is 5.65. The van der Waals surface area contributed by atoms with Crippen LogP contribution in [0.3, 0.4) is 0 Å². The fourth-order valence-corrected chi connectivity index (χ4v) is 6.95. The Morgan fingerprint density at radius 2 is 0.717 bits per heavy atom. The van der Waals surface area contributed by atoms with Gasteiger partial charge in [-0.2, -0.15) is 52.7 Å². The summed E-state index contributed by atoms with van der Waals surface area (Å²) >= 11 is 0. The number of alkyl halides is 12. The number of benzene rings is 5. The third-order valence-corrected chi connectivity index (χ3v) is 9.83. The van der Waals surface area contributed by atoms with Gasteiger partial charge in [-0.15, -0.1) is 0 Å². The maximum absolute atomic E-state index is 14.7. The molecule has 0 unspecified atom stereocenters. The van der Waals surface area contributed by atoms with Crippen molar-refractivity contribution in [3.63, 3.8) is 0 Å². The van der Waals surface area contributed by atoms with Crippen molar-refractivity contribution < 1.29 is 78.2 Å². The molecule has 5 rings (SSSR count). The van der Waals surface area contributed by atoms with Crippen LogP contribution in [0.25, 0.3) is 0 Å². The van der Waals surface area contributed by atoms with Gasteiger partial charge in [0.15, 0.2) is 0 Å². The first kappa shape index (κ1) is 44.6. The van der Waals surface area contributed by atoms with Crippen molar-refractivity contribution in [3.8, 4) is 28.7 Å². The summed E-state index contributed by atoms with van der Waals surface area (Å²) in [4.78, 5) is 0. The molecule has 11 N–H and O–H groups in total. The number of nitrogens with two attached hydrogens (primary N) is 2. The summed E-state index contributed by atoms with van der Waals surface area (Å²) in [6, 6.07) is 7.74. The number of phenols is 5. The highest BCUT2D eigenvalue weighted by atomic mass is 19.4. The average Bonchev–Trinajstić information content (AvgIpc) is 3.11. The van der Waals surface area contributed by atoms with Crippen LogP contribution in [-0.2, 0) is 23.9 Å². The zero-order chi connectivity index (χ0) is 45.0. The number of phenolic OH excluding ortho intramolecular Hbond substituents is 5. The van der Waals surface area contributed by atoms with Crippen LogP contribution in [-0.4, -0.2) is 50.2 Å². The van der Waals surface area contributed by atoms with Crippen LogP contribution < -0.4 is 22.1 Å². The summed E-state index contributed by atoms with van der Waals surface area (Å²) in [5.41, 5.74) is -7.02. The molecule has 5 aromatic carbocycles. The lowest BCUT2D eigenvalue weighted by molar-refractivity contribution is -0.290. The molecule has 0 bridgehead atoms. The van der Waals surface area contributed by atoms with Crippen molar-refractivity contribution in [2.24, 2.45) is 0 Å². The van der Waals surface area contributed by atoms with Crippen molar-refractivity contribution in [2.45, 2.75) is 55.5 Å². The van der Waals surface area contributed by atoms with Crippen LogP contribution >= 0.6 is 0 Å². The summed E-state index contributed by atoms with van der Waals surface area (Å²) < 4.78 is 177. The summed E-state index contributed by atoms with van der Waals surface area (Å²) in [5.74, 6) is -3.84. The number of aromatic hydroxyl groups is 5. The molecule has 0 amide bonds. The van der Waals surface area contributed by atoms with Crippen LogP contribution in [0.15, 0.2) is 84.9 Å². The number of nitrogen functional groups attached to an aromatic ring is 2. The van der Waals surface area contributed by atoms with E-state index in [4.69, 9.17) is 11.5 Å². The molecule has 0 aliphatic carbocycles. The molecule has 21 heteroatoms. The van der Waals surface area contributed by atoms with Crippen molar-refractivity contribution in [3.05, 3.63) is 124 Å². The molecule has 0 fully saturated rings. The Kier molecular flexibility index (Phi) is 11.3. The molecule has 0 saturated carbocycles. The lowest BCUT2D eigenvalue weighted by Gasteiger charge is -2.38. The van der Waals surface area contributed by atoms with E-state index in [1.54, 1.807) is 0 Å². The van der Waals surface area contributed by atoms with Crippen molar-refractivity contribution >= 4 is 22.7 Å². The third kappa shape index (κ3) is 7.58. The average molecular weight is 865 g/mol. The lowest BCUT2D eigenvalue weighted by atomic mass is 9.72. The second-order valence-corrected chi connectivity index (χ2v) is 13.6. The first-order valence-corrected chi connectivity index (χ1v) is 17.0. The molecule has 0 heterocycles. The van der Waals surface area contributed by atoms with E-state index in [0.29, 0.717) is 78.4 Å². The van der Waals surface area contributed by atoms with E-state index in [1.807, 2.05) is 0 Å². The van der Waals surface area contributed by atoms with Crippen LogP contribution in [0.5, 0.6) is 28.7 Å². The molecule has 0 aromatic heterocycles.